The van der Waals surface area contributed by atoms with Crippen LogP contribution in [0.25, 0.3) is 4.91 Å². The molecule has 3 atom stereocenters. The zero-order chi connectivity index (χ0) is 16.0. The minimum absolute atomic E-state index is 0.218. The Morgan fingerprint density at radius 2 is 2.17 bits per heavy atom. The summed E-state index contributed by atoms with van der Waals surface area (Å²) >= 11 is 3.49. The topological polar surface area (TPSA) is 32.3 Å². The van der Waals surface area contributed by atoms with Crippen molar-refractivity contribution in [3.8, 4) is 0 Å². The van der Waals surface area contributed by atoms with Crippen LogP contribution < -0.4 is 5.32 Å². The zero-order valence-corrected chi connectivity index (χ0v) is 15.4. The van der Waals surface area contributed by atoms with Crippen molar-refractivity contribution in [2.75, 3.05) is 13.1 Å². The fourth-order valence-corrected chi connectivity index (χ4v) is 6.24. The van der Waals surface area contributed by atoms with Gasteiger partial charge in [-0.3, -0.25) is 9.69 Å². The molecular weight excluding hydrogens is 324 g/mol. The van der Waals surface area contributed by atoms with E-state index in [9.17, 15) is 4.79 Å². The lowest BCUT2D eigenvalue weighted by Gasteiger charge is -2.50. The standard InChI is InChI=1S/C18H24N2OS2/c1-12-16(13-6-9-20(12)10-7-13)19-17(21)18(2)8-5-15(23-18)14-4-3-11-22-14/h3-5,11-13,16H,6-10H2,1-2H3,(H,19,21)/t12-,16-,18?/m0/s1. The maximum absolute atomic E-state index is 13.0. The van der Waals surface area contributed by atoms with E-state index in [4.69, 9.17) is 0 Å². The number of nitrogens with one attached hydrogen (secondary N) is 1. The van der Waals surface area contributed by atoms with Gasteiger partial charge in [0.25, 0.3) is 0 Å². The van der Waals surface area contributed by atoms with E-state index in [0.717, 1.165) is 6.42 Å². The number of allylic oxidation sites excluding steroid dienone is 1. The minimum atomic E-state index is -0.356. The fourth-order valence-electron chi connectivity index (χ4n) is 4.17. The molecule has 5 heterocycles. The Morgan fingerprint density at radius 1 is 1.39 bits per heavy atom. The first-order valence-electron chi connectivity index (χ1n) is 8.55. The number of amides is 1. The van der Waals surface area contributed by atoms with Gasteiger partial charge in [0.2, 0.25) is 5.91 Å². The summed E-state index contributed by atoms with van der Waals surface area (Å²) < 4.78 is -0.356. The molecule has 5 heteroatoms. The van der Waals surface area contributed by atoms with Crippen molar-refractivity contribution in [1.29, 1.82) is 0 Å². The van der Waals surface area contributed by atoms with Crippen LogP contribution in [0.4, 0.5) is 0 Å². The van der Waals surface area contributed by atoms with Crippen LogP contribution in [-0.2, 0) is 4.79 Å². The summed E-state index contributed by atoms with van der Waals surface area (Å²) in [6.45, 7) is 6.77. The lowest BCUT2D eigenvalue weighted by Crippen LogP contribution is -2.64. The molecule has 4 aliphatic rings. The average molecular weight is 349 g/mol. The van der Waals surface area contributed by atoms with Gasteiger partial charge in [0.15, 0.2) is 0 Å². The second kappa shape index (κ2) is 5.94. The highest BCUT2D eigenvalue weighted by Gasteiger charge is 2.44. The summed E-state index contributed by atoms with van der Waals surface area (Å²) in [5.74, 6) is 0.884. The lowest BCUT2D eigenvalue weighted by atomic mass is 9.79. The van der Waals surface area contributed by atoms with E-state index in [1.54, 1.807) is 23.1 Å². The number of nitrogens with zero attached hydrogens (tertiary/aromatic N) is 1. The van der Waals surface area contributed by atoms with Crippen LogP contribution in [0, 0.1) is 5.92 Å². The Balaban J connectivity index is 1.44. The van der Waals surface area contributed by atoms with Crippen LogP contribution >= 0.6 is 23.1 Å². The van der Waals surface area contributed by atoms with Gasteiger partial charge in [-0.2, -0.15) is 0 Å². The Labute approximate surface area is 146 Å². The van der Waals surface area contributed by atoms with Gasteiger partial charge in [0.1, 0.15) is 0 Å². The number of hydrogen-bond donors (Lipinski definition) is 1. The number of thiophene rings is 1. The predicted molar refractivity (Wildman–Crippen MR) is 98.6 cm³/mol. The maximum atomic E-state index is 13.0. The van der Waals surface area contributed by atoms with Crippen molar-refractivity contribution < 1.29 is 4.79 Å². The van der Waals surface area contributed by atoms with E-state index >= 15 is 0 Å². The second-order valence-electron chi connectivity index (χ2n) is 7.20. The number of hydrogen-bond acceptors (Lipinski definition) is 4. The van der Waals surface area contributed by atoms with Crippen LogP contribution in [-0.4, -0.2) is 40.7 Å². The van der Waals surface area contributed by atoms with E-state index in [1.165, 1.54) is 35.7 Å². The van der Waals surface area contributed by atoms with Gasteiger partial charge in [-0.1, -0.05) is 12.1 Å². The SMILES string of the molecule is C[C@H]1[C@H](NC(=O)C2(C)CC=C(c3cccs3)S2)C2CCN1CC2. The molecule has 0 aliphatic carbocycles. The predicted octanol–water partition coefficient (Wildman–Crippen LogP) is 3.58. The van der Waals surface area contributed by atoms with Crippen molar-refractivity contribution in [2.24, 2.45) is 5.92 Å². The van der Waals surface area contributed by atoms with Gasteiger partial charge in [-0.15, -0.1) is 23.1 Å². The number of carbonyl (C=O) groups is 1. The first-order chi connectivity index (χ1) is 11.1. The summed E-state index contributed by atoms with van der Waals surface area (Å²) in [5.41, 5.74) is 0. The Bertz CT molecular complexity index is 617. The zero-order valence-electron chi connectivity index (χ0n) is 13.7. The van der Waals surface area contributed by atoms with Crippen molar-refractivity contribution in [1.82, 2.24) is 10.2 Å². The van der Waals surface area contributed by atoms with Gasteiger partial charge in [0.05, 0.1) is 4.75 Å². The lowest BCUT2D eigenvalue weighted by molar-refractivity contribution is -0.126. The summed E-state index contributed by atoms with van der Waals surface area (Å²) in [5, 5.41) is 5.52. The molecule has 1 aromatic heterocycles. The average Bonchev–Trinajstić information content (AvgIpc) is 3.21. The molecule has 23 heavy (non-hydrogen) atoms. The molecule has 0 saturated carbocycles. The third-order valence-corrected chi connectivity index (χ3v) is 8.17. The maximum Gasteiger partial charge on any atom is 0.236 e. The van der Waals surface area contributed by atoms with Crippen molar-refractivity contribution >= 4 is 33.9 Å². The Kier molecular flexibility index (Phi) is 4.06. The highest BCUT2D eigenvalue weighted by atomic mass is 32.2. The molecule has 3 fully saturated rings. The quantitative estimate of drug-likeness (QED) is 0.906. The summed E-state index contributed by atoms with van der Waals surface area (Å²) in [6.07, 6.45) is 5.53. The molecule has 0 aromatic carbocycles. The van der Waals surface area contributed by atoms with Gasteiger partial charge in [-0.25, -0.2) is 0 Å². The largest absolute Gasteiger partial charge is 0.350 e. The van der Waals surface area contributed by atoms with E-state index in [2.05, 4.69) is 47.7 Å². The molecule has 3 nitrogen and oxygen atoms in total. The first kappa shape index (κ1) is 15.7. The number of rotatable bonds is 3. The molecule has 1 N–H and O–H groups in total. The Hall–Kier alpha value is -0.780. The molecule has 1 amide bonds. The normalized spacial score (nSPS) is 39.3. The smallest absolute Gasteiger partial charge is 0.236 e. The van der Waals surface area contributed by atoms with Crippen molar-refractivity contribution in [3.63, 3.8) is 0 Å². The van der Waals surface area contributed by atoms with Crippen LogP contribution in [0.1, 0.15) is 38.0 Å². The van der Waals surface area contributed by atoms with Gasteiger partial charge < -0.3 is 5.32 Å². The first-order valence-corrected chi connectivity index (χ1v) is 10.2. The number of piperidine rings is 3. The van der Waals surface area contributed by atoms with Crippen molar-refractivity contribution in [2.45, 2.75) is 49.9 Å². The molecule has 1 aromatic rings. The molecule has 3 saturated heterocycles. The third-order valence-electron chi connectivity index (χ3n) is 5.73. The minimum Gasteiger partial charge on any atom is -0.350 e. The number of fused-ring (bicyclic) bond motifs is 3. The molecule has 0 spiro atoms. The fraction of sp³-hybridized carbons (Fsp3) is 0.611. The van der Waals surface area contributed by atoms with Gasteiger partial charge in [0, 0.05) is 21.9 Å². The third kappa shape index (κ3) is 2.77. The van der Waals surface area contributed by atoms with Crippen LogP contribution in [0.5, 0.6) is 0 Å². The summed E-state index contributed by atoms with van der Waals surface area (Å²) in [6, 6.07) is 5.02. The van der Waals surface area contributed by atoms with E-state index in [1.807, 2.05) is 0 Å². The molecule has 1 unspecified atom stereocenters. The highest BCUT2D eigenvalue weighted by Crippen LogP contribution is 2.48. The molecule has 2 bridgehead atoms. The van der Waals surface area contributed by atoms with Crippen LogP contribution in [0.15, 0.2) is 23.6 Å². The van der Waals surface area contributed by atoms with Crippen molar-refractivity contribution in [3.05, 3.63) is 28.5 Å². The number of thioether (sulfide) groups is 1. The van der Waals surface area contributed by atoms with Crippen LogP contribution in [0.3, 0.4) is 0 Å². The summed E-state index contributed by atoms with van der Waals surface area (Å²) in [4.78, 5) is 18.1. The monoisotopic (exact) mass is 348 g/mol. The van der Waals surface area contributed by atoms with Gasteiger partial charge in [-0.05, 0) is 63.6 Å². The molecule has 124 valence electrons. The van der Waals surface area contributed by atoms with E-state index in [0.29, 0.717) is 18.0 Å². The van der Waals surface area contributed by atoms with E-state index in [-0.39, 0.29) is 10.7 Å². The van der Waals surface area contributed by atoms with Crippen LogP contribution in [0.2, 0.25) is 0 Å². The molecule has 5 rings (SSSR count). The Morgan fingerprint density at radius 3 is 2.83 bits per heavy atom. The highest BCUT2D eigenvalue weighted by molar-refractivity contribution is 8.10. The molecule has 4 aliphatic heterocycles. The number of carbonyl (C=O) groups excluding carboxylic acids is 1. The second-order valence-corrected chi connectivity index (χ2v) is 9.69. The summed E-state index contributed by atoms with van der Waals surface area (Å²) in [7, 11) is 0. The van der Waals surface area contributed by atoms with E-state index < -0.39 is 0 Å². The van der Waals surface area contributed by atoms with Gasteiger partial charge >= 0.3 is 0 Å². The molecular formula is C18H24N2OS2. The molecule has 0 radical (unpaired) electrons.